The van der Waals surface area contributed by atoms with Crippen LogP contribution >= 0.6 is 0 Å². The van der Waals surface area contributed by atoms with Crippen molar-refractivity contribution in [2.24, 2.45) is 4.99 Å². The maximum atomic E-state index is 11.8. The summed E-state index contributed by atoms with van der Waals surface area (Å²) in [7, 11) is 0. The summed E-state index contributed by atoms with van der Waals surface area (Å²) in [5.41, 5.74) is 0.0377. The summed E-state index contributed by atoms with van der Waals surface area (Å²) in [5, 5.41) is 3.24. The van der Waals surface area contributed by atoms with E-state index in [0.29, 0.717) is 5.57 Å². The second kappa shape index (κ2) is 6.35. The molecule has 0 saturated carbocycles. The van der Waals surface area contributed by atoms with Gasteiger partial charge in [-0.05, 0) is 26.9 Å². The molecule has 0 bridgehead atoms. The molecule has 0 spiro atoms. The van der Waals surface area contributed by atoms with Gasteiger partial charge in [0.2, 0.25) is 0 Å². The first-order valence-electron chi connectivity index (χ1n) is 5.86. The Kier molecular flexibility index (Phi) is 5.10. The Hall–Kier alpha value is -1.42. The van der Waals surface area contributed by atoms with Gasteiger partial charge in [0.25, 0.3) is 0 Å². The molecule has 0 aromatic rings. The second-order valence-corrected chi connectivity index (χ2v) is 4.14. The fourth-order valence-electron chi connectivity index (χ4n) is 1.68. The zero-order valence-corrected chi connectivity index (χ0v) is 10.5. The van der Waals surface area contributed by atoms with Crippen LogP contribution in [0, 0.1) is 0 Å². The molecule has 1 fully saturated rings. The fraction of sp³-hybridized carbons (Fsp3) is 0.538. The number of carbonyl (C=O) groups is 1. The maximum absolute atomic E-state index is 11.8. The average Bonchev–Trinajstić information content (AvgIpc) is 2.36. The van der Waals surface area contributed by atoms with Crippen LogP contribution in [0.4, 0.5) is 0 Å². The van der Waals surface area contributed by atoms with Crippen LogP contribution in [-0.4, -0.2) is 30.9 Å². The van der Waals surface area contributed by atoms with E-state index in [0.717, 1.165) is 25.9 Å². The van der Waals surface area contributed by atoms with Gasteiger partial charge in [-0.2, -0.15) is 0 Å². The van der Waals surface area contributed by atoms with Crippen molar-refractivity contribution < 1.29 is 9.53 Å². The molecule has 4 nitrogen and oxygen atoms in total. The number of rotatable bonds is 4. The summed E-state index contributed by atoms with van der Waals surface area (Å²) in [5.74, 6) is -0.273. The highest BCUT2D eigenvalue weighted by molar-refractivity contribution is 5.89. The van der Waals surface area contributed by atoms with E-state index < -0.39 is 5.60 Å². The van der Waals surface area contributed by atoms with Crippen molar-refractivity contribution in [3.8, 4) is 0 Å². The SMILES string of the molecule is C=CN=CC1(OC(=O)/C(C)=C/C)CCNCC1. The third kappa shape index (κ3) is 3.82. The molecular formula is C13H20N2O2. The van der Waals surface area contributed by atoms with Crippen molar-refractivity contribution >= 4 is 12.2 Å². The lowest BCUT2D eigenvalue weighted by Gasteiger charge is -2.33. The third-order valence-corrected chi connectivity index (χ3v) is 2.92. The predicted molar refractivity (Wildman–Crippen MR) is 69.0 cm³/mol. The molecule has 1 heterocycles. The molecule has 0 atom stereocenters. The van der Waals surface area contributed by atoms with Gasteiger partial charge in [0.05, 0.1) is 0 Å². The lowest BCUT2D eigenvalue weighted by atomic mass is 9.93. The number of nitrogens with one attached hydrogen (secondary N) is 1. The third-order valence-electron chi connectivity index (χ3n) is 2.92. The van der Waals surface area contributed by atoms with Gasteiger partial charge in [-0.1, -0.05) is 12.7 Å². The largest absolute Gasteiger partial charge is 0.450 e. The number of aliphatic imine (C=N–C) groups is 1. The number of piperidine rings is 1. The molecule has 4 heteroatoms. The van der Waals surface area contributed by atoms with E-state index in [1.807, 2.05) is 6.92 Å². The zero-order valence-electron chi connectivity index (χ0n) is 10.5. The van der Waals surface area contributed by atoms with E-state index >= 15 is 0 Å². The first-order chi connectivity index (χ1) is 8.13. The summed E-state index contributed by atoms with van der Waals surface area (Å²) in [6.45, 7) is 8.77. The van der Waals surface area contributed by atoms with Crippen LogP contribution in [0.25, 0.3) is 0 Å². The van der Waals surface area contributed by atoms with Crippen molar-refractivity contribution in [2.75, 3.05) is 13.1 Å². The molecule has 1 N–H and O–H groups in total. The van der Waals surface area contributed by atoms with Gasteiger partial charge in [-0.3, -0.25) is 4.99 Å². The predicted octanol–water partition coefficient (Wildman–Crippen LogP) is 1.83. The second-order valence-electron chi connectivity index (χ2n) is 4.14. The van der Waals surface area contributed by atoms with Gasteiger partial charge in [0.15, 0.2) is 0 Å². The number of allylic oxidation sites excluding steroid dienone is 1. The van der Waals surface area contributed by atoms with E-state index in [2.05, 4.69) is 16.9 Å². The van der Waals surface area contributed by atoms with Gasteiger partial charge in [-0.25, -0.2) is 4.79 Å². The Morgan fingerprint density at radius 3 is 2.65 bits per heavy atom. The standard InChI is InChI=1S/C13H20N2O2/c1-4-11(3)12(16)17-13(10-14-5-2)6-8-15-9-7-13/h4-5,10,15H,2,6-9H2,1,3H3/b11-4+,14-10?. The molecule has 17 heavy (non-hydrogen) atoms. The van der Waals surface area contributed by atoms with Crippen molar-refractivity contribution in [1.29, 1.82) is 0 Å². The number of nitrogens with zero attached hydrogens (tertiary/aromatic N) is 1. The van der Waals surface area contributed by atoms with Crippen molar-refractivity contribution in [3.63, 3.8) is 0 Å². The summed E-state index contributed by atoms with van der Waals surface area (Å²) in [6.07, 6.45) is 6.39. The molecule has 1 saturated heterocycles. The quantitative estimate of drug-likeness (QED) is 0.460. The lowest BCUT2D eigenvalue weighted by molar-refractivity contribution is -0.149. The molecule has 0 aromatic heterocycles. The number of hydrogen-bond acceptors (Lipinski definition) is 4. The first-order valence-corrected chi connectivity index (χ1v) is 5.86. The van der Waals surface area contributed by atoms with Crippen LogP contribution in [0.5, 0.6) is 0 Å². The topological polar surface area (TPSA) is 50.7 Å². The van der Waals surface area contributed by atoms with E-state index in [1.165, 1.54) is 6.20 Å². The molecule has 0 amide bonds. The van der Waals surface area contributed by atoms with Crippen molar-refractivity contribution in [3.05, 3.63) is 24.4 Å². The lowest BCUT2D eigenvalue weighted by Crippen LogP contribution is -2.46. The molecule has 1 rings (SSSR count). The summed E-state index contributed by atoms with van der Waals surface area (Å²) in [6, 6.07) is 0. The smallest absolute Gasteiger partial charge is 0.334 e. The number of ether oxygens (including phenoxy) is 1. The molecule has 0 radical (unpaired) electrons. The molecule has 94 valence electrons. The highest BCUT2D eigenvalue weighted by Crippen LogP contribution is 2.22. The minimum absolute atomic E-state index is 0.273. The first kappa shape index (κ1) is 13.6. The fourth-order valence-corrected chi connectivity index (χ4v) is 1.68. The molecule has 0 aromatic carbocycles. The van der Waals surface area contributed by atoms with Gasteiger partial charge < -0.3 is 10.1 Å². The molecule has 0 aliphatic carbocycles. The molecular weight excluding hydrogens is 216 g/mol. The minimum Gasteiger partial charge on any atom is -0.450 e. The van der Waals surface area contributed by atoms with Gasteiger partial charge in [0, 0.05) is 30.8 Å². The Labute approximate surface area is 102 Å². The van der Waals surface area contributed by atoms with Crippen LogP contribution < -0.4 is 5.32 Å². The molecule has 1 aliphatic heterocycles. The Morgan fingerprint density at radius 2 is 2.12 bits per heavy atom. The molecule has 0 unspecified atom stereocenters. The number of esters is 1. The van der Waals surface area contributed by atoms with Gasteiger partial charge in [-0.15, -0.1) is 0 Å². The molecule has 1 aliphatic rings. The highest BCUT2D eigenvalue weighted by Gasteiger charge is 2.34. The minimum atomic E-state index is -0.583. The van der Waals surface area contributed by atoms with Gasteiger partial charge in [0.1, 0.15) is 5.60 Å². The number of carbonyl (C=O) groups excluding carboxylic acids is 1. The Bertz CT molecular complexity index is 339. The van der Waals surface area contributed by atoms with Crippen molar-refractivity contribution in [2.45, 2.75) is 32.3 Å². The van der Waals surface area contributed by atoms with E-state index in [-0.39, 0.29) is 5.97 Å². The van der Waals surface area contributed by atoms with Crippen LogP contribution in [0.3, 0.4) is 0 Å². The monoisotopic (exact) mass is 236 g/mol. The summed E-state index contributed by atoms with van der Waals surface area (Å²) < 4.78 is 5.59. The van der Waals surface area contributed by atoms with Crippen LogP contribution in [0.15, 0.2) is 29.4 Å². The maximum Gasteiger partial charge on any atom is 0.334 e. The highest BCUT2D eigenvalue weighted by atomic mass is 16.6. The van der Waals surface area contributed by atoms with Crippen molar-refractivity contribution in [1.82, 2.24) is 5.32 Å². The van der Waals surface area contributed by atoms with E-state index in [4.69, 9.17) is 4.74 Å². The van der Waals surface area contributed by atoms with Gasteiger partial charge >= 0.3 is 5.97 Å². The van der Waals surface area contributed by atoms with Crippen LogP contribution in [0.1, 0.15) is 26.7 Å². The number of hydrogen-bond donors (Lipinski definition) is 1. The Morgan fingerprint density at radius 1 is 1.47 bits per heavy atom. The summed E-state index contributed by atoms with van der Waals surface area (Å²) in [4.78, 5) is 15.8. The van der Waals surface area contributed by atoms with Crippen LogP contribution in [-0.2, 0) is 9.53 Å². The van der Waals surface area contributed by atoms with E-state index in [1.54, 1.807) is 19.2 Å². The van der Waals surface area contributed by atoms with E-state index in [9.17, 15) is 4.79 Å². The summed E-state index contributed by atoms with van der Waals surface area (Å²) >= 11 is 0. The normalized spacial score (nSPS) is 20.2. The Balaban J connectivity index is 2.79. The average molecular weight is 236 g/mol. The van der Waals surface area contributed by atoms with Crippen LogP contribution in [0.2, 0.25) is 0 Å². The zero-order chi connectivity index (χ0) is 12.7.